The van der Waals surface area contributed by atoms with Gasteiger partial charge in [-0.15, -0.1) is 11.3 Å². The van der Waals surface area contributed by atoms with E-state index in [1.165, 1.54) is 11.3 Å². The molecule has 0 bridgehead atoms. The van der Waals surface area contributed by atoms with Crippen LogP contribution in [0, 0.1) is 0 Å². The number of aromatic nitrogens is 1. The van der Waals surface area contributed by atoms with Crippen LogP contribution in [0.1, 0.15) is 58.2 Å². The van der Waals surface area contributed by atoms with Crippen LogP contribution in [0.15, 0.2) is 48.5 Å². The number of anilines is 1. The molecule has 7 nitrogen and oxygen atoms in total. The van der Waals surface area contributed by atoms with Crippen molar-refractivity contribution in [2.45, 2.75) is 38.1 Å². The van der Waals surface area contributed by atoms with Crippen molar-refractivity contribution in [3.63, 3.8) is 0 Å². The number of hydrogen-bond acceptors (Lipinski definition) is 6. The zero-order chi connectivity index (χ0) is 22.1. The van der Waals surface area contributed by atoms with Gasteiger partial charge in [-0.05, 0) is 49.9 Å². The molecular formula is C24H23N3O4S. The number of ether oxygens (including phenoxy) is 2. The highest BCUT2D eigenvalue weighted by Gasteiger charge is 2.31. The van der Waals surface area contributed by atoms with Gasteiger partial charge in [-0.1, -0.05) is 30.3 Å². The summed E-state index contributed by atoms with van der Waals surface area (Å²) < 4.78 is 10.6. The zero-order valence-corrected chi connectivity index (χ0v) is 18.4. The molecule has 1 aliphatic heterocycles. The summed E-state index contributed by atoms with van der Waals surface area (Å²) in [5, 5.41) is 6.50. The largest absolute Gasteiger partial charge is 0.454 e. The maximum absolute atomic E-state index is 13.0. The van der Waals surface area contributed by atoms with E-state index in [0.29, 0.717) is 22.2 Å². The molecule has 2 aromatic carbocycles. The number of thiazole rings is 1. The van der Waals surface area contributed by atoms with E-state index in [0.717, 1.165) is 35.4 Å². The minimum Gasteiger partial charge on any atom is -0.454 e. The second kappa shape index (κ2) is 8.63. The molecule has 5 rings (SSSR count). The first kappa shape index (κ1) is 20.5. The van der Waals surface area contributed by atoms with E-state index >= 15 is 0 Å². The van der Waals surface area contributed by atoms with Gasteiger partial charge in [0.15, 0.2) is 16.6 Å². The molecule has 2 heterocycles. The second-order valence-corrected chi connectivity index (χ2v) is 9.02. The predicted octanol–water partition coefficient (Wildman–Crippen LogP) is 4.42. The Morgan fingerprint density at radius 2 is 1.94 bits per heavy atom. The summed E-state index contributed by atoms with van der Waals surface area (Å²) in [6.07, 6.45) is 2.53. The highest BCUT2D eigenvalue weighted by atomic mass is 32.1. The summed E-state index contributed by atoms with van der Waals surface area (Å²) in [7, 11) is 0. The first-order valence-corrected chi connectivity index (χ1v) is 11.5. The molecule has 164 valence electrons. The van der Waals surface area contributed by atoms with Crippen LogP contribution in [0.2, 0.25) is 0 Å². The second-order valence-electron chi connectivity index (χ2n) is 7.94. The minimum absolute atomic E-state index is 0.0266. The number of fused-ring (bicyclic) bond motifs is 2. The lowest BCUT2D eigenvalue weighted by molar-refractivity contribution is -0.123. The van der Waals surface area contributed by atoms with Crippen molar-refractivity contribution < 1.29 is 19.1 Å². The molecule has 0 unspecified atom stereocenters. The third-order valence-electron chi connectivity index (χ3n) is 5.78. The summed E-state index contributed by atoms with van der Waals surface area (Å²) in [4.78, 5) is 31.5. The van der Waals surface area contributed by atoms with E-state index in [9.17, 15) is 9.59 Å². The number of carbonyl (C=O) groups excluding carboxylic acids is 2. The number of rotatable bonds is 5. The fraction of sp³-hybridized carbons (Fsp3) is 0.292. The lowest BCUT2D eigenvalue weighted by Gasteiger charge is -2.23. The van der Waals surface area contributed by atoms with Crippen LogP contribution in [-0.2, 0) is 11.2 Å². The highest BCUT2D eigenvalue weighted by Crippen LogP contribution is 2.38. The van der Waals surface area contributed by atoms with Crippen molar-refractivity contribution in [3.8, 4) is 11.5 Å². The molecule has 8 heteroatoms. The lowest BCUT2D eigenvalue weighted by atomic mass is 9.90. The van der Waals surface area contributed by atoms with Gasteiger partial charge in [0.1, 0.15) is 0 Å². The summed E-state index contributed by atoms with van der Waals surface area (Å²) in [6, 6.07) is 14.9. The topological polar surface area (TPSA) is 89.6 Å². The maximum atomic E-state index is 13.0. The van der Waals surface area contributed by atoms with Crippen LogP contribution in [0.5, 0.6) is 11.5 Å². The molecule has 3 aromatic rings. The molecule has 0 saturated heterocycles. The standard InChI is InChI=1S/C24H23N3O4S/c1-14(15-6-3-2-4-7-15)25-23(29)17-8-5-9-20-21(17)26-24(32-20)27-22(28)16-10-11-18-19(12-16)31-13-30-18/h2-4,6-7,10-12,14,17H,5,8-9,13H2,1H3,(H,25,29)(H,26,27,28)/t14-,17+/m0/s1. The van der Waals surface area contributed by atoms with Crippen LogP contribution in [0.3, 0.4) is 0 Å². The third-order valence-corrected chi connectivity index (χ3v) is 6.83. The van der Waals surface area contributed by atoms with E-state index in [4.69, 9.17) is 9.47 Å². The number of carbonyl (C=O) groups is 2. The Bertz CT molecular complexity index is 1160. The van der Waals surface area contributed by atoms with E-state index in [2.05, 4.69) is 15.6 Å². The Morgan fingerprint density at radius 1 is 1.12 bits per heavy atom. The molecule has 2 aliphatic rings. The number of nitrogens with zero attached hydrogens (tertiary/aromatic N) is 1. The molecule has 2 N–H and O–H groups in total. The maximum Gasteiger partial charge on any atom is 0.257 e. The lowest BCUT2D eigenvalue weighted by Crippen LogP contribution is -2.33. The van der Waals surface area contributed by atoms with Crippen LogP contribution in [-0.4, -0.2) is 23.6 Å². The molecule has 1 aliphatic carbocycles. The summed E-state index contributed by atoms with van der Waals surface area (Å²) in [5.74, 6) is 0.580. The Labute approximate surface area is 189 Å². The number of hydrogen-bond donors (Lipinski definition) is 2. The van der Waals surface area contributed by atoms with Crippen molar-refractivity contribution in [1.82, 2.24) is 10.3 Å². The van der Waals surface area contributed by atoms with Crippen LogP contribution in [0.4, 0.5) is 5.13 Å². The Morgan fingerprint density at radius 3 is 2.78 bits per heavy atom. The molecule has 0 spiro atoms. The van der Waals surface area contributed by atoms with Crippen molar-refractivity contribution >= 4 is 28.3 Å². The first-order valence-electron chi connectivity index (χ1n) is 10.6. The molecule has 32 heavy (non-hydrogen) atoms. The smallest absolute Gasteiger partial charge is 0.257 e. The number of aryl methyl sites for hydroxylation is 1. The Balaban J connectivity index is 1.30. The zero-order valence-electron chi connectivity index (χ0n) is 17.6. The Hall–Kier alpha value is -3.39. The third kappa shape index (κ3) is 4.05. The van der Waals surface area contributed by atoms with Crippen molar-refractivity contribution in [2.75, 3.05) is 12.1 Å². The van der Waals surface area contributed by atoms with Gasteiger partial charge in [-0.3, -0.25) is 14.9 Å². The van der Waals surface area contributed by atoms with E-state index in [1.807, 2.05) is 37.3 Å². The SMILES string of the molecule is C[C@H](NC(=O)[C@@H]1CCCc2sc(NC(=O)c3ccc4c(c3)OCO4)nc21)c1ccccc1. The van der Waals surface area contributed by atoms with Gasteiger partial charge >= 0.3 is 0 Å². The van der Waals surface area contributed by atoms with Gasteiger partial charge in [0.05, 0.1) is 17.7 Å². The van der Waals surface area contributed by atoms with Crippen molar-refractivity contribution in [3.05, 3.63) is 70.2 Å². The predicted molar refractivity (Wildman–Crippen MR) is 121 cm³/mol. The van der Waals surface area contributed by atoms with Gasteiger partial charge in [0, 0.05) is 10.4 Å². The van der Waals surface area contributed by atoms with Crippen LogP contribution >= 0.6 is 11.3 Å². The fourth-order valence-electron chi connectivity index (χ4n) is 4.07. The monoisotopic (exact) mass is 449 g/mol. The highest BCUT2D eigenvalue weighted by molar-refractivity contribution is 7.16. The van der Waals surface area contributed by atoms with Gasteiger partial charge in [-0.2, -0.15) is 0 Å². The van der Waals surface area contributed by atoms with Crippen LogP contribution < -0.4 is 20.1 Å². The van der Waals surface area contributed by atoms with E-state index < -0.39 is 0 Å². The average molecular weight is 450 g/mol. The molecule has 2 atom stereocenters. The molecule has 0 fully saturated rings. The van der Waals surface area contributed by atoms with Crippen molar-refractivity contribution in [1.29, 1.82) is 0 Å². The molecule has 1 aromatic heterocycles. The van der Waals surface area contributed by atoms with E-state index in [1.54, 1.807) is 18.2 Å². The number of nitrogens with one attached hydrogen (secondary N) is 2. The van der Waals surface area contributed by atoms with Gasteiger partial charge in [0.25, 0.3) is 5.91 Å². The molecule has 0 saturated carbocycles. The minimum atomic E-state index is -0.308. The summed E-state index contributed by atoms with van der Waals surface area (Å²) in [5.41, 5.74) is 2.31. The fourth-order valence-corrected chi connectivity index (χ4v) is 5.13. The molecular weight excluding hydrogens is 426 g/mol. The van der Waals surface area contributed by atoms with E-state index in [-0.39, 0.29) is 30.6 Å². The van der Waals surface area contributed by atoms with Gasteiger partial charge in [0.2, 0.25) is 12.7 Å². The summed E-state index contributed by atoms with van der Waals surface area (Å²) in [6.45, 7) is 2.14. The average Bonchev–Trinajstić information content (AvgIpc) is 3.45. The Kier molecular flexibility index (Phi) is 5.53. The summed E-state index contributed by atoms with van der Waals surface area (Å²) >= 11 is 1.44. The quantitative estimate of drug-likeness (QED) is 0.602. The van der Waals surface area contributed by atoms with Crippen LogP contribution in [0.25, 0.3) is 0 Å². The molecule has 2 amide bonds. The first-order chi connectivity index (χ1) is 15.6. The van der Waals surface area contributed by atoms with Crippen molar-refractivity contribution in [2.24, 2.45) is 0 Å². The normalized spacial score (nSPS) is 17.3. The molecule has 0 radical (unpaired) electrons. The van der Waals surface area contributed by atoms with Gasteiger partial charge < -0.3 is 14.8 Å². The number of benzene rings is 2. The van der Waals surface area contributed by atoms with Gasteiger partial charge in [-0.25, -0.2) is 4.98 Å². The number of amides is 2.